The maximum Gasteiger partial charge on any atom is 0.410 e. The lowest BCUT2D eigenvalue weighted by Gasteiger charge is -2.35. The van der Waals surface area contributed by atoms with E-state index in [-0.39, 0.29) is 23.5 Å². The third-order valence-corrected chi connectivity index (χ3v) is 10.5. The van der Waals surface area contributed by atoms with Crippen LogP contribution in [-0.4, -0.2) is 77.4 Å². The molecule has 4 aromatic carbocycles. The van der Waals surface area contributed by atoms with Crippen LogP contribution in [0.15, 0.2) is 109 Å². The van der Waals surface area contributed by atoms with Crippen molar-refractivity contribution >= 4 is 23.6 Å². The first-order valence-electron chi connectivity index (χ1n) is 20.3. The standard InChI is InChI=1S/2C23H28N2O5/c2*1-23(2,3)30-22(27)24-19(15-16-9-11-18(12-10-16)25(28)29)13-14-20(24)21(26)17-7-5-4-6-8-17/h2*4-12,19-21,26H,13-15H2,1-3H3/t19-,20+,21+;19-,20-,21-/m01/s1. The Kier molecular flexibility index (Phi) is 14.7. The van der Waals surface area contributed by atoms with Gasteiger partial charge in [-0.2, -0.15) is 0 Å². The van der Waals surface area contributed by atoms with E-state index in [1.165, 1.54) is 24.3 Å². The van der Waals surface area contributed by atoms with Gasteiger partial charge >= 0.3 is 12.2 Å². The van der Waals surface area contributed by atoms with Crippen LogP contribution in [0.25, 0.3) is 0 Å². The number of hydrogen-bond donors (Lipinski definition) is 2. The van der Waals surface area contributed by atoms with Gasteiger partial charge in [-0.15, -0.1) is 0 Å². The second-order valence-corrected chi connectivity index (χ2v) is 17.3. The van der Waals surface area contributed by atoms with Gasteiger partial charge in [0.15, 0.2) is 0 Å². The Morgan fingerprint density at radius 3 is 1.18 bits per heavy atom. The molecule has 320 valence electrons. The molecule has 14 heteroatoms. The molecule has 0 spiro atoms. The molecule has 2 aliphatic heterocycles. The van der Waals surface area contributed by atoms with Crippen LogP contribution in [-0.2, 0) is 22.3 Å². The predicted molar refractivity (Wildman–Crippen MR) is 226 cm³/mol. The number of benzene rings is 4. The molecule has 60 heavy (non-hydrogen) atoms. The number of nitro benzene ring substituents is 2. The van der Waals surface area contributed by atoms with Crippen molar-refractivity contribution in [3.63, 3.8) is 0 Å². The molecule has 0 aromatic heterocycles. The highest BCUT2D eigenvalue weighted by Gasteiger charge is 2.44. The van der Waals surface area contributed by atoms with Crippen LogP contribution < -0.4 is 0 Å². The van der Waals surface area contributed by atoms with Gasteiger partial charge in [0.25, 0.3) is 11.4 Å². The molecule has 0 unspecified atom stereocenters. The van der Waals surface area contributed by atoms with E-state index < -0.39 is 57.5 Å². The first-order valence-corrected chi connectivity index (χ1v) is 20.3. The number of rotatable bonds is 10. The fourth-order valence-corrected chi connectivity index (χ4v) is 7.84. The number of hydrogen-bond acceptors (Lipinski definition) is 10. The average molecular weight is 825 g/mol. The molecule has 2 saturated heterocycles. The van der Waals surface area contributed by atoms with Gasteiger partial charge in [-0.05, 0) is 102 Å². The van der Waals surface area contributed by atoms with Crippen molar-refractivity contribution in [3.8, 4) is 0 Å². The largest absolute Gasteiger partial charge is 0.444 e. The van der Waals surface area contributed by atoms with Crippen molar-refractivity contribution in [1.82, 2.24) is 9.80 Å². The van der Waals surface area contributed by atoms with Gasteiger partial charge in [0.2, 0.25) is 0 Å². The Morgan fingerprint density at radius 1 is 0.583 bits per heavy atom. The number of amides is 2. The number of nitro groups is 2. The van der Waals surface area contributed by atoms with Gasteiger partial charge < -0.3 is 19.7 Å². The van der Waals surface area contributed by atoms with Crippen LogP contribution in [0.3, 0.4) is 0 Å². The summed E-state index contributed by atoms with van der Waals surface area (Å²) >= 11 is 0. The molecule has 4 aromatic rings. The van der Waals surface area contributed by atoms with E-state index in [4.69, 9.17) is 9.47 Å². The van der Waals surface area contributed by atoms with Crippen LogP contribution in [0.4, 0.5) is 21.0 Å². The maximum absolute atomic E-state index is 13.1. The van der Waals surface area contributed by atoms with E-state index >= 15 is 0 Å². The van der Waals surface area contributed by atoms with Crippen molar-refractivity contribution in [3.05, 3.63) is 152 Å². The summed E-state index contributed by atoms with van der Waals surface area (Å²) < 4.78 is 11.3. The highest BCUT2D eigenvalue weighted by Crippen LogP contribution is 2.37. The van der Waals surface area contributed by atoms with E-state index in [0.29, 0.717) is 38.5 Å². The lowest BCUT2D eigenvalue weighted by Crippen LogP contribution is -2.47. The quantitative estimate of drug-likeness (QED) is 0.115. The number of aliphatic hydroxyl groups excluding tert-OH is 2. The Balaban J connectivity index is 0.000000228. The van der Waals surface area contributed by atoms with Crippen LogP contribution in [0.5, 0.6) is 0 Å². The van der Waals surface area contributed by atoms with Crippen molar-refractivity contribution < 1.29 is 39.1 Å². The first-order chi connectivity index (χ1) is 28.3. The summed E-state index contributed by atoms with van der Waals surface area (Å²) in [7, 11) is 0. The molecule has 0 aliphatic carbocycles. The fourth-order valence-electron chi connectivity index (χ4n) is 7.84. The second-order valence-electron chi connectivity index (χ2n) is 17.3. The number of carbonyl (C=O) groups is 2. The molecule has 0 bridgehead atoms. The zero-order chi connectivity index (χ0) is 43.8. The van der Waals surface area contributed by atoms with Gasteiger partial charge in [-0.3, -0.25) is 30.0 Å². The molecule has 0 saturated carbocycles. The van der Waals surface area contributed by atoms with Crippen LogP contribution in [0, 0.1) is 20.2 Å². The Hall–Kier alpha value is -5.86. The zero-order valence-corrected chi connectivity index (χ0v) is 35.0. The van der Waals surface area contributed by atoms with E-state index in [2.05, 4.69) is 0 Å². The van der Waals surface area contributed by atoms with Crippen molar-refractivity contribution in [1.29, 1.82) is 0 Å². The molecule has 14 nitrogen and oxygen atoms in total. The first kappa shape index (κ1) is 45.2. The van der Waals surface area contributed by atoms with Gasteiger partial charge in [-0.1, -0.05) is 84.9 Å². The number of likely N-dealkylation sites (tertiary alicyclic amines) is 2. The number of carbonyl (C=O) groups excluding carboxylic acids is 2. The molecule has 2 heterocycles. The van der Waals surface area contributed by atoms with Gasteiger partial charge in [0.05, 0.1) is 34.1 Å². The summed E-state index contributed by atoms with van der Waals surface area (Å²) in [4.78, 5) is 50.3. The van der Waals surface area contributed by atoms with Crippen LogP contribution in [0.1, 0.15) is 102 Å². The van der Waals surface area contributed by atoms with E-state index in [9.17, 15) is 40.0 Å². The highest BCUT2D eigenvalue weighted by atomic mass is 16.6. The van der Waals surface area contributed by atoms with Gasteiger partial charge in [-0.25, -0.2) is 9.59 Å². The molecule has 2 N–H and O–H groups in total. The summed E-state index contributed by atoms with van der Waals surface area (Å²) in [5, 5.41) is 43.8. The molecule has 6 rings (SSSR count). The monoisotopic (exact) mass is 824 g/mol. The summed E-state index contributed by atoms with van der Waals surface area (Å²) in [6.45, 7) is 10.9. The number of non-ortho nitro benzene ring substituents is 2. The fraction of sp³-hybridized carbons (Fsp3) is 0.435. The molecular weight excluding hydrogens is 769 g/mol. The maximum atomic E-state index is 13.1. The summed E-state index contributed by atoms with van der Waals surface area (Å²) in [5.41, 5.74) is 2.07. The average Bonchev–Trinajstić information content (AvgIpc) is 3.82. The minimum absolute atomic E-state index is 0.0338. The molecular formula is C46H56N4O10. The minimum Gasteiger partial charge on any atom is -0.444 e. The lowest BCUT2D eigenvalue weighted by molar-refractivity contribution is -0.385. The normalized spacial score (nSPS) is 20.1. The van der Waals surface area contributed by atoms with E-state index in [1.54, 1.807) is 34.1 Å². The van der Waals surface area contributed by atoms with Gasteiger partial charge in [0, 0.05) is 36.3 Å². The molecule has 6 atom stereocenters. The Morgan fingerprint density at radius 2 is 0.900 bits per heavy atom. The summed E-state index contributed by atoms with van der Waals surface area (Å²) in [6, 6.07) is 30.2. The summed E-state index contributed by atoms with van der Waals surface area (Å²) in [6.07, 6.45) is 1.25. The number of ether oxygens (including phenoxy) is 2. The highest BCUT2D eigenvalue weighted by molar-refractivity contribution is 5.70. The van der Waals surface area contributed by atoms with Crippen molar-refractivity contribution in [2.75, 3.05) is 0 Å². The number of nitrogens with zero attached hydrogens (tertiary/aromatic N) is 4. The summed E-state index contributed by atoms with van der Waals surface area (Å²) in [5.74, 6) is 0. The SMILES string of the molecule is CC(C)(C)OC(=O)N1[C@@H](Cc2ccc([N+](=O)[O-])cc2)CC[C@@H]1[C@H](O)c1ccccc1.CC(C)(C)OC(=O)N1[C@H](Cc2ccc([N+](=O)[O-])cc2)CC[C@@H]1[C@H](O)c1ccccc1. The van der Waals surface area contributed by atoms with Crippen molar-refractivity contribution in [2.45, 2.75) is 128 Å². The molecule has 2 amide bonds. The zero-order valence-electron chi connectivity index (χ0n) is 35.0. The minimum atomic E-state index is -0.819. The molecule has 0 radical (unpaired) electrons. The molecule has 2 aliphatic rings. The van der Waals surface area contributed by atoms with E-state index in [0.717, 1.165) is 22.3 Å². The van der Waals surface area contributed by atoms with Crippen LogP contribution >= 0.6 is 0 Å². The number of aliphatic hydroxyl groups is 2. The van der Waals surface area contributed by atoms with Crippen LogP contribution in [0.2, 0.25) is 0 Å². The van der Waals surface area contributed by atoms with Crippen molar-refractivity contribution in [2.24, 2.45) is 0 Å². The predicted octanol–water partition coefficient (Wildman–Crippen LogP) is 9.28. The smallest absolute Gasteiger partial charge is 0.410 e. The third-order valence-electron chi connectivity index (χ3n) is 10.5. The Bertz CT molecular complexity index is 1900. The second kappa shape index (κ2) is 19.5. The third kappa shape index (κ3) is 12.1. The van der Waals surface area contributed by atoms with Gasteiger partial charge in [0.1, 0.15) is 11.2 Å². The Labute approximate surface area is 351 Å². The molecule has 2 fully saturated rings. The topological polar surface area (TPSA) is 186 Å². The lowest BCUT2D eigenvalue weighted by atomic mass is 10.0. The van der Waals surface area contributed by atoms with E-state index in [1.807, 2.05) is 102 Å².